The summed E-state index contributed by atoms with van der Waals surface area (Å²) in [5.74, 6) is -6.35. The highest BCUT2D eigenvalue weighted by atomic mass is 31.3. The Morgan fingerprint density at radius 3 is 1.07 bits per heavy atom. The molecule has 10 heterocycles. The zero-order chi connectivity index (χ0) is 106. The molecule has 0 bridgehead atoms. The molecule has 10 rings (SSSR count). The SMILES string of the molecule is NCCOP(=O)(O)O[C@@H](CO)[C@H]1O[C@H](O[C@@H]2[C@H](O)[C@@H](O[C@H]3[C@@H]([C@H](O)CO)O[C@@](O)(C(=O)O)C[C@H]3OP(=O)(O)OP(=O)(O)OCCN)O[C@H]([C@@H](O)CO)[C@H]2O[C@@H]2O[C@H](CO)[C@@H](O)[C@H](O)[C@H]2O)[C@@H](O[C@H]2O[C@H]([C@@H](O)CO)[C@@H](O)[C@H](O)[C@@H]2O[C@@H]2O[C@H](COP(=O)(O)O)[C@H](O)[C@H](O)[C@H]2O)[C@@H](O[C@H]2O[C@H](CO)[C@@H](O[C@@H]3O[C@H](CO)[C@@H](O[C@@H]4O[C@H](CO)[C@H](O[C@H]5O[C@H](CO)[C@H](O)[C@H](O)[C@H]5O)[C@H](O)[C@H]4O)[C@H](O)[C@H]3O)[C@H](O)[C@H]2O)[C@@H]1O. The van der Waals surface area contributed by atoms with Gasteiger partial charge in [0.25, 0.3) is 5.79 Å². The summed E-state index contributed by atoms with van der Waals surface area (Å²) in [5.41, 5.74) is 10.9. The van der Waals surface area contributed by atoms with Gasteiger partial charge in [0.2, 0.25) is 0 Å². The van der Waals surface area contributed by atoms with E-state index in [0.717, 1.165) is 0 Å². The van der Waals surface area contributed by atoms with E-state index in [9.17, 15) is 216 Å². The van der Waals surface area contributed by atoms with Crippen LogP contribution in [0.25, 0.3) is 0 Å². The summed E-state index contributed by atoms with van der Waals surface area (Å²) in [5, 5.41) is 373. The number of carboxylic acids is 1. The van der Waals surface area contributed by atoms with Crippen LogP contribution in [0, 0.1) is 0 Å². The third kappa shape index (κ3) is 28.8. The van der Waals surface area contributed by atoms with E-state index in [4.69, 9.17) is 115 Å². The molecule has 0 aromatic carbocycles. The summed E-state index contributed by atoms with van der Waals surface area (Å²) < 4.78 is 193. The number of ether oxygens (including phenoxy) is 19. The number of phosphoric acid groups is 4. The first kappa shape index (κ1) is 123. The van der Waals surface area contributed by atoms with Crippen LogP contribution in [-0.4, -0.2) is 616 Å². The van der Waals surface area contributed by atoms with Crippen LogP contribution in [0.5, 0.6) is 0 Å². The lowest BCUT2D eigenvalue weighted by Crippen LogP contribution is -2.72. The smallest absolute Gasteiger partial charge is 0.477 e. The Labute approximate surface area is 803 Å². The topological polar surface area (TPSA) is 1140 Å². The van der Waals surface area contributed by atoms with Crippen LogP contribution in [0.1, 0.15) is 6.42 Å². The number of aliphatic carboxylic acids is 1. The minimum absolute atomic E-state index is 0.604. The highest BCUT2D eigenvalue weighted by Gasteiger charge is 2.66. The van der Waals surface area contributed by atoms with E-state index >= 15 is 0 Å². The first-order valence-electron chi connectivity index (χ1n) is 43.4. The Morgan fingerprint density at radius 1 is 0.322 bits per heavy atom. The van der Waals surface area contributed by atoms with E-state index in [0.29, 0.717) is 0 Å². The fourth-order valence-electron chi connectivity index (χ4n) is 16.7. The first-order chi connectivity index (χ1) is 67.0. The summed E-state index contributed by atoms with van der Waals surface area (Å²) >= 11 is 0. The van der Waals surface area contributed by atoms with Crippen molar-refractivity contribution >= 4 is 37.3 Å². The van der Waals surface area contributed by atoms with Crippen LogP contribution in [-0.2, 0) is 140 Å². The number of hydrogen-bond acceptors (Lipinski definition) is 64. The van der Waals surface area contributed by atoms with E-state index in [1.54, 1.807) is 0 Å². The normalized spacial score (nSPS) is 46.8. The lowest BCUT2D eigenvalue weighted by Gasteiger charge is -2.53. The molecule has 42 N–H and O–H groups in total. The van der Waals surface area contributed by atoms with Crippen LogP contribution in [0.2, 0.25) is 0 Å². The van der Waals surface area contributed by atoms with Crippen molar-refractivity contribution in [2.75, 3.05) is 92.4 Å². The average Bonchev–Trinajstić information content (AvgIpc) is 0.774. The zero-order valence-electron chi connectivity index (χ0n) is 73.8. The van der Waals surface area contributed by atoms with Gasteiger partial charge in [-0.1, -0.05) is 0 Å². The molecule has 3 unspecified atom stereocenters. The van der Waals surface area contributed by atoms with Crippen molar-refractivity contribution in [3.8, 4) is 0 Å². The standard InChI is InChI=1S/C69H124N2O68P4/c70-1-3-115-141(109,110)138-25(14-80)52-44(101)54(131-64-43(100)37(94)51(24(13-79)122-64)128-63-42(99)36(93)50(23(12-78)121-63)127-62-41(98)35(92)49(22(11-77)120-62)126-59-38(95)30(87)27(84)20(9-75)118-59)58(135-66-56(34(91)33(90)46(124-66)16(81)6-72)133-61-40(97)32(89)29(86)26(123-61)15-117-140(106,107)108)67(129-52)132-55-45(102)65(125-47(17(82)7-73)57(55)134-60-39(96)31(88)28(85)21(10-76)119-60)130-53-19(137-143(113,114)139-142(111,112)116-4-2-71)5-69(105,68(103)104)136-48(53)18(83)8-74/h16-67,72-102,105H,1-15,70-71H2,(H,103,104)(H,109,110)(H,111,112)(H,113,114)(H2,106,107,108)/t16-,17-,18+,19+,20+,21+,22+,23+,24+,25-,26+,27-,28+,29-,30-,31-,32-,33-,34-,35+,36+,37+,38+,39+,40+,41+,42+,43+,44+,45-,46+,47+,48+,49-,50+,51+,52+,53+,54-,55+,56-,57+,58-,59+,60-,61-,62-,63-,64+,65+,66+,67+,69+/m0/s1. The van der Waals surface area contributed by atoms with Gasteiger partial charge in [-0.3, -0.25) is 22.6 Å². The van der Waals surface area contributed by atoms with Gasteiger partial charge in [0.05, 0.1) is 79.3 Å². The second-order valence-corrected chi connectivity index (χ2v) is 39.6. The van der Waals surface area contributed by atoms with Gasteiger partial charge in [0, 0.05) is 19.5 Å². The van der Waals surface area contributed by atoms with Crippen molar-refractivity contribution in [1.82, 2.24) is 0 Å². The van der Waals surface area contributed by atoms with Crippen molar-refractivity contribution in [1.29, 1.82) is 0 Å². The van der Waals surface area contributed by atoms with E-state index in [1.165, 1.54) is 0 Å². The van der Waals surface area contributed by atoms with E-state index in [1.807, 2.05) is 0 Å². The van der Waals surface area contributed by atoms with Gasteiger partial charge in [0.15, 0.2) is 56.6 Å². The quantitative estimate of drug-likeness (QED) is 0.0252. The molecule has 0 saturated carbocycles. The van der Waals surface area contributed by atoms with Gasteiger partial charge in [-0.2, -0.15) is 4.31 Å². The molecule has 0 aliphatic carbocycles. The molecule has 0 spiro atoms. The lowest BCUT2D eigenvalue weighted by atomic mass is 9.91. The minimum Gasteiger partial charge on any atom is -0.477 e. The van der Waals surface area contributed by atoms with Gasteiger partial charge in [-0.05, 0) is 0 Å². The van der Waals surface area contributed by atoms with Crippen molar-refractivity contribution < 1.29 is 333 Å². The van der Waals surface area contributed by atoms with E-state index in [-0.39, 0.29) is 0 Å². The second kappa shape index (κ2) is 52.4. The molecule has 56 atom stereocenters. The predicted octanol–water partition coefficient (Wildman–Crippen LogP) is -24.4. The van der Waals surface area contributed by atoms with Gasteiger partial charge in [-0.25, -0.2) is 23.1 Å². The predicted molar refractivity (Wildman–Crippen MR) is 428 cm³/mol. The first-order valence-corrected chi connectivity index (χ1v) is 49.4. The molecule has 143 heavy (non-hydrogen) atoms. The molecule has 0 amide bonds. The average molecular weight is 2190 g/mol. The number of carbonyl (C=O) groups is 1. The Hall–Kier alpha value is -2.17. The molecule has 10 saturated heterocycles. The molecule has 838 valence electrons. The number of hydrogen-bond donors (Lipinski definition) is 40. The second-order valence-electron chi connectivity index (χ2n) is 33.9. The van der Waals surface area contributed by atoms with Crippen LogP contribution >= 0.6 is 31.3 Å². The van der Waals surface area contributed by atoms with Crippen molar-refractivity contribution in [2.24, 2.45) is 11.5 Å². The fraction of sp³-hybridized carbons (Fsp3) is 0.986. The molecule has 0 aromatic heterocycles. The highest BCUT2D eigenvalue weighted by Crippen LogP contribution is 2.62. The molecule has 10 aliphatic heterocycles. The van der Waals surface area contributed by atoms with Gasteiger partial charge in [-0.15, -0.1) is 0 Å². The van der Waals surface area contributed by atoms with Crippen LogP contribution in [0.3, 0.4) is 0 Å². The molecular weight excluding hydrogens is 2070 g/mol. The fourth-order valence-corrected chi connectivity index (χ4v) is 20.2. The number of aliphatic hydroxyl groups excluding tert-OH is 31. The summed E-state index contributed by atoms with van der Waals surface area (Å²) in [7, 11) is -23.9. The summed E-state index contributed by atoms with van der Waals surface area (Å²) in [6.45, 7) is -17.6. The molecule has 0 radical (unpaired) electrons. The maximum Gasteiger partial charge on any atom is 0.481 e. The Balaban J connectivity index is 1.11. The van der Waals surface area contributed by atoms with Gasteiger partial charge < -0.3 is 294 Å². The number of phosphoric ester groups is 4. The molecule has 74 heteroatoms. The van der Waals surface area contributed by atoms with Crippen molar-refractivity contribution in [2.45, 2.75) is 331 Å². The Morgan fingerprint density at radius 2 is 0.650 bits per heavy atom. The lowest BCUT2D eigenvalue weighted by molar-refractivity contribution is -0.429. The highest BCUT2D eigenvalue weighted by molar-refractivity contribution is 7.61. The van der Waals surface area contributed by atoms with Crippen LogP contribution in [0.15, 0.2) is 0 Å². The van der Waals surface area contributed by atoms with Crippen LogP contribution < -0.4 is 11.5 Å². The number of rotatable bonds is 47. The molecule has 70 nitrogen and oxygen atoms in total. The summed E-state index contributed by atoms with van der Waals surface area (Å²) in [6.07, 6.45) is -138. The number of nitrogens with two attached hydrogens (primary N) is 2. The molecule has 10 aliphatic rings. The monoisotopic (exact) mass is 2190 g/mol. The summed E-state index contributed by atoms with van der Waals surface area (Å²) in [4.78, 5) is 64.9. The largest absolute Gasteiger partial charge is 0.481 e. The Bertz CT molecular complexity index is 4080. The van der Waals surface area contributed by atoms with Crippen molar-refractivity contribution in [3.05, 3.63) is 0 Å². The maximum absolute atomic E-state index is 14.0. The van der Waals surface area contributed by atoms with Crippen LogP contribution in [0.4, 0.5) is 0 Å². The van der Waals surface area contributed by atoms with E-state index < -0.39 is 461 Å². The third-order valence-corrected chi connectivity index (χ3v) is 28.3. The maximum atomic E-state index is 14.0. The molecule has 0 aromatic rings. The van der Waals surface area contributed by atoms with E-state index in [2.05, 4.69) is 13.4 Å². The molecular formula is C69H124N2O68P4. The zero-order valence-corrected chi connectivity index (χ0v) is 77.4. The van der Waals surface area contributed by atoms with Gasteiger partial charge >= 0.3 is 37.3 Å². The molecule has 10 fully saturated rings. The summed E-state index contributed by atoms with van der Waals surface area (Å²) in [6, 6.07) is 0. The number of aliphatic hydroxyl groups is 32. The third-order valence-electron chi connectivity index (χ3n) is 24.1. The Kier molecular flexibility index (Phi) is 44.9. The van der Waals surface area contributed by atoms with Crippen molar-refractivity contribution in [3.63, 3.8) is 0 Å². The minimum atomic E-state index is -6.49. The van der Waals surface area contributed by atoms with Gasteiger partial charge in [0.1, 0.15) is 262 Å². The number of carboxylic acid groups (broad SMARTS) is 1.